The molecule has 0 amide bonds. The van der Waals surface area contributed by atoms with E-state index >= 15 is 0 Å². The van der Waals surface area contributed by atoms with Crippen molar-refractivity contribution in [3.63, 3.8) is 0 Å². The Hall–Kier alpha value is -0.870. The smallest absolute Gasteiger partial charge is 0.248 e. The summed E-state index contributed by atoms with van der Waals surface area (Å²) in [5, 5.41) is 13.4. The highest BCUT2D eigenvalue weighted by Gasteiger charge is 2.33. The van der Waals surface area contributed by atoms with E-state index in [1.165, 1.54) is 160 Å². The lowest BCUT2D eigenvalue weighted by atomic mass is 10.1. The SMILES string of the molecule is CCCCCCCCC=CCCCCCCCCNC(C)N1CC[N+](CCO)=C1CCCCCCCCCCCC. The number of nitrogens with one attached hydrogen (secondary N) is 1. The van der Waals surface area contributed by atoms with Crippen LogP contribution < -0.4 is 5.32 Å². The second-order valence-electron chi connectivity index (χ2n) is 12.8. The van der Waals surface area contributed by atoms with Crippen molar-refractivity contribution in [2.24, 2.45) is 0 Å². The van der Waals surface area contributed by atoms with Crippen LogP contribution in [0.25, 0.3) is 0 Å². The first-order chi connectivity index (χ1) is 20.2. The van der Waals surface area contributed by atoms with Gasteiger partial charge in [0.1, 0.15) is 25.8 Å². The molecule has 0 fully saturated rings. The minimum absolute atomic E-state index is 0.257. The van der Waals surface area contributed by atoms with Crippen LogP contribution in [-0.2, 0) is 0 Å². The molecule has 4 nitrogen and oxygen atoms in total. The number of rotatable bonds is 31. The summed E-state index contributed by atoms with van der Waals surface area (Å²) in [6, 6.07) is 0. The van der Waals surface area contributed by atoms with Crippen molar-refractivity contribution < 1.29 is 9.68 Å². The Morgan fingerprint density at radius 3 is 1.66 bits per heavy atom. The predicted octanol–water partition coefficient (Wildman–Crippen LogP) is 9.99. The zero-order chi connectivity index (χ0) is 29.6. The van der Waals surface area contributed by atoms with E-state index in [9.17, 15) is 5.11 Å². The van der Waals surface area contributed by atoms with Crippen molar-refractivity contribution in [3.05, 3.63) is 12.2 Å². The number of hydrogen-bond donors (Lipinski definition) is 2. The van der Waals surface area contributed by atoms with Crippen molar-refractivity contribution in [3.8, 4) is 0 Å². The average Bonchev–Trinajstić information content (AvgIpc) is 3.38. The van der Waals surface area contributed by atoms with Gasteiger partial charge in [0.25, 0.3) is 0 Å². The summed E-state index contributed by atoms with van der Waals surface area (Å²) >= 11 is 0. The predicted molar refractivity (Wildman–Crippen MR) is 182 cm³/mol. The van der Waals surface area contributed by atoms with Crippen LogP contribution in [0.4, 0.5) is 0 Å². The quantitative estimate of drug-likeness (QED) is 0.0490. The maximum atomic E-state index is 9.59. The number of unbranched alkanes of at least 4 members (excludes halogenated alkanes) is 21. The summed E-state index contributed by atoms with van der Waals surface area (Å²) in [5.74, 6) is 1.47. The Morgan fingerprint density at radius 1 is 0.683 bits per heavy atom. The minimum Gasteiger partial charge on any atom is -0.392 e. The second-order valence-corrected chi connectivity index (χ2v) is 12.8. The topological polar surface area (TPSA) is 38.5 Å². The molecule has 0 aromatic heterocycles. The Kier molecular flexibility index (Phi) is 27.2. The molecule has 242 valence electrons. The summed E-state index contributed by atoms with van der Waals surface area (Å²) in [6.07, 6.45) is 39.4. The van der Waals surface area contributed by atoms with E-state index in [0.717, 1.165) is 32.6 Å². The lowest BCUT2D eigenvalue weighted by Gasteiger charge is -2.22. The van der Waals surface area contributed by atoms with Gasteiger partial charge in [-0.1, -0.05) is 142 Å². The van der Waals surface area contributed by atoms with Crippen LogP contribution in [0.1, 0.15) is 181 Å². The van der Waals surface area contributed by atoms with Crippen LogP contribution in [-0.4, -0.2) is 59.4 Å². The summed E-state index contributed by atoms with van der Waals surface area (Å²) in [7, 11) is 0. The molecule has 1 heterocycles. The Labute approximate surface area is 257 Å². The van der Waals surface area contributed by atoms with E-state index in [4.69, 9.17) is 0 Å². The van der Waals surface area contributed by atoms with Crippen LogP contribution in [0.2, 0.25) is 0 Å². The number of β-amino-alcohol motifs (C(OH)–C–C–N with tert-alkyl or cyclic N) is 1. The molecule has 0 bridgehead atoms. The second kappa shape index (κ2) is 29.2. The van der Waals surface area contributed by atoms with Crippen molar-refractivity contribution in [2.45, 2.75) is 187 Å². The number of aliphatic hydroxyl groups is 1. The average molecular weight is 577 g/mol. The van der Waals surface area contributed by atoms with Crippen molar-refractivity contribution >= 4 is 5.84 Å². The van der Waals surface area contributed by atoms with E-state index in [0.29, 0.717) is 6.17 Å². The lowest BCUT2D eigenvalue weighted by Crippen LogP contribution is -2.46. The fourth-order valence-corrected chi connectivity index (χ4v) is 6.31. The molecule has 1 atom stereocenters. The van der Waals surface area contributed by atoms with Gasteiger partial charge in [-0.15, -0.1) is 0 Å². The van der Waals surface area contributed by atoms with Crippen LogP contribution >= 0.6 is 0 Å². The molecule has 1 unspecified atom stereocenters. The molecule has 1 aliphatic rings. The number of nitrogens with zero attached hydrogens (tertiary/aromatic N) is 2. The molecule has 0 saturated heterocycles. The Balaban J connectivity index is 2.07. The summed E-state index contributed by atoms with van der Waals surface area (Å²) in [6.45, 7) is 11.2. The molecular weight excluding hydrogens is 502 g/mol. The largest absolute Gasteiger partial charge is 0.392 e. The number of amidine groups is 1. The third-order valence-corrected chi connectivity index (χ3v) is 9.03. The van der Waals surface area contributed by atoms with Gasteiger partial charge in [-0.05, 0) is 52.0 Å². The van der Waals surface area contributed by atoms with Crippen LogP contribution in [0, 0.1) is 0 Å². The summed E-state index contributed by atoms with van der Waals surface area (Å²) < 4.78 is 2.44. The van der Waals surface area contributed by atoms with Crippen LogP contribution in [0.3, 0.4) is 0 Å². The first-order valence-electron chi connectivity index (χ1n) is 18.6. The van der Waals surface area contributed by atoms with Gasteiger partial charge in [-0.2, -0.15) is 0 Å². The number of allylic oxidation sites excluding steroid dienone is 2. The highest BCUT2D eigenvalue weighted by Crippen LogP contribution is 2.16. The van der Waals surface area contributed by atoms with Gasteiger partial charge < -0.3 is 5.11 Å². The van der Waals surface area contributed by atoms with Crippen LogP contribution in [0.15, 0.2) is 12.2 Å². The summed E-state index contributed by atoms with van der Waals surface area (Å²) in [4.78, 5) is 2.59. The minimum atomic E-state index is 0.257. The summed E-state index contributed by atoms with van der Waals surface area (Å²) in [5.41, 5.74) is 0. The zero-order valence-electron chi connectivity index (χ0n) is 28.3. The molecule has 2 N–H and O–H groups in total. The molecule has 0 radical (unpaired) electrons. The standard InChI is InChI=1S/C37H74N3O/c1-4-6-8-10-12-14-16-17-18-19-20-21-23-25-27-29-31-38-36(3)40-33-32-39(34-35-41)37(40)30-28-26-24-22-15-13-11-9-7-5-2/h17-18,36,38,41H,4-16,19-35H2,1-3H3/q+1. The van der Waals surface area contributed by atoms with Crippen molar-refractivity contribution in [1.29, 1.82) is 0 Å². The molecule has 0 aromatic carbocycles. The molecule has 4 heteroatoms. The maximum Gasteiger partial charge on any atom is 0.248 e. The van der Waals surface area contributed by atoms with E-state index in [1.807, 2.05) is 0 Å². The van der Waals surface area contributed by atoms with E-state index in [2.05, 4.69) is 47.7 Å². The first kappa shape index (κ1) is 38.2. The van der Waals surface area contributed by atoms with Gasteiger partial charge in [-0.3, -0.25) is 9.89 Å². The highest BCUT2D eigenvalue weighted by atomic mass is 16.3. The Morgan fingerprint density at radius 2 is 1.15 bits per heavy atom. The van der Waals surface area contributed by atoms with Gasteiger partial charge in [0.15, 0.2) is 0 Å². The normalized spacial score (nSPS) is 14.7. The number of aliphatic hydroxyl groups excluding tert-OH is 1. The van der Waals surface area contributed by atoms with Gasteiger partial charge >= 0.3 is 0 Å². The van der Waals surface area contributed by atoms with E-state index < -0.39 is 0 Å². The molecular formula is C37H74N3O+. The highest BCUT2D eigenvalue weighted by molar-refractivity contribution is 5.78. The van der Waals surface area contributed by atoms with Gasteiger partial charge in [0.2, 0.25) is 5.84 Å². The molecule has 0 aromatic rings. The van der Waals surface area contributed by atoms with Gasteiger partial charge in [0.05, 0.1) is 6.61 Å². The molecule has 1 aliphatic heterocycles. The molecule has 41 heavy (non-hydrogen) atoms. The monoisotopic (exact) mass is 577 g/mol. The van der Waals surface area contributed by atoms with Gasteiger partial charge in [0, 0.05) is 6.42 Å². The van der Waals surface area contributed by atoms with Crippen molar-refractivity contribution in [2.75, 3.05) is 32.8 Å². The van der Waals surface area contributed by atoms with Gasteiger partial charge in [-0.25, -0.2) is 4.90 Å². The Bertz CT molecular complexity index is 617. The molecule has 1 rings (SSSR count). The van der Waals surface area contributed by atoms with Crippen molar-refractivity contribution in [1.82, 2.24) is 10.2 Å². The fourth-order valence-electron chi connectivity index (χ4n) is 6.31. The molecule has 0 spiro atoms. The van der Waals surface area contributed by atoms with E-state index in [1.54, 1.807) is 0 Å². The first-order valence-corrected chi connectivity index (χ1v) is 18.6. The molecule has 0 aliphatic carbocycles. The third-order valence-electron chi connectivity index (χ3n) is 9.03. The third kappa shape index (κ3) is 21.5. The number of hydrogen-bond acceptors (Lipinski definition) is 3. The zero-order valence-corrected chi connectivity index (χ0v) is 28.3. The fraction of sp³-hybridized carbons (Fsp3) is 0.919. The maximum absolute atomic E-state index is 9.59. The lowest BCUT2D eigenvalue weighted by molar-refractivity contribution is -0.521. The van der Waals surface area contributed by atoms with Crippen LogP contribution in [0.5, 0.6) is 0 Å². The molecule has 0 saturated carbocycles. The van der Waals surface area contributed by atoms with E-state index in [-0.39, 0.29) is 6.61 Å².